The number of aryl methyl sites for hydroxylation is 1. The quantitative estimate of drug-likeness (QED) is 0.557. The molecule has 0 bridgehead atoms. The Kier molecular flexibility index (Phi) is 6.06. The fraction of sp³-hybridized carbons (Fsp3) is 0.261. The van der Waals surface area contributed by atoms with Crippen LogP contribution in [0.1, 0.15) is 34.8 Å². The number of methoxy groups -OCH3 is 1. The van der Waals surface area contributed by atoms with E-state index in [1.54, 1.807) is 14.0 Å². The van der Waals surface area contributed by atoms with Crippen LogP contribution in [-0.2, 0) is 6.42 Å². The highest BCUT2D eigenvalue weighted by atomic mass is 31.1. The van der Waals surface area contributed by atoms with Crippen molar-refractivity contribution < 1.29 is 9.53 Å². The molecule has 0 radical (unpaired) electrons. The monoisotopic (exact) mass is 364 g/mol. The molecule has 3 heteroatoms. The summed E-state index contributed by atoms with van der Waals surface area (Å²) in [6.07, 6.45) is 10.7. The number of benzene rings is 2. The van der Waals surface area contributed by atoms with Crippen molar-refractivity contribution in [3.63, 3.8) is 0 Å². The van der Waals surface area contributed by atoms with Crippen LogP contribution in [0.15, 0.2) is 60.7 Å². The first-order valence-corrected chi connectivity index (χ1v) is 9.97. The SMILES string of the molecule is COc1c(CC2C=CC=CC2)cccc1Pc1c(C)cccc1C(C)=O. The summed E-state index contributed by atoms with van der Waals surface area (Å²) in [6, 6.07) is 12.3. The Hall–Kier alpha value is -2.18. The number of para-hydroxylation sites is 1. The molecule has 0 saturated heterocycles. The highest BCUT2D eigenvalue weighted by Crippen LogP contribution is 2.29. The van der Waals surface area contributed by atoms with E-state index in [2.05, 4.69) is 55.5 Å². The molecule has 2 nitrogen and oxygen atoms in total. The number of ether oxygens (including phenoxy) is 1. The lowest BCUT2D eigenvalue weighted by molar-refractivity contribution is 0.101. The van der Waals surface area contributed by atoms with Gasteiger partial charge in [-0.05, 0) is 49.0 Å². The van der Waals surface area contributed by atoms with Gasteiger partial charge in [0.25, 0.3) is 0 Å². The lowest BCUT2D eigenvalue weighted by Gasteiger charge is -2.19. The fourth-order valence-corrected chi connectivity index (χ4v) is 4.91. The highest BCUT2D eigenvalue weighted by Gasteiger charge is 2.16. The smallest absolute Gasteiger partial charge is 0.160 e. The third kappa shape index (κ3) is 4.14. The summed E-state index contributed by atoms with van der Waals surface area (Å²) < 4.78 is 5.81. The van der Waals surface area contributed by atoms with Gasteiger partial charge < -0.3 is 4.74 Å². The Bertz CT molecular complexity index is 865. The zero-order valence-electron chi connectivity index (χ0n) is 15.6. The molecule has 0 N–H and O–H groups in total. The van der Waals surface area contributed by atoms with Crippen LogP contribution in [-0.4, -0.2) is 12.9 Å². The summed E-state index contributed by atoms with van der Waals surface area (Å²) >= 11 is 0. The van der Waals surface area contributed by atoms with Crippen molar-refractivity contribution in [1.29, 1.82) is 0 Å². The molecule has 0 fully saturated rings. The molecule has 1 aliphatic rings. The summed E-state index contributed by atoms with van der Waals surface area (Å²) in [5.41, 5.74) is 3.21. The molecule has 1 aliphatic carbocycles. The van der Waals surface area contributed by atoms with E-state index in [0.717, 1.165) is 40.3 Å². The minimum Gasteiger partial charge on any atom is -0.496 e. The molecule has 0 saturated carbocycles. The van der Waals surface area contributed by atoms with E-state index < -0.39 is 0 Å². The zero-order chi connectivity index (χ0) is 18.5. The summed E-state index contributed by atoms with van der Waals surface area (Å²) in [7, 11) is 2.15. The molecule has 0 amide bonds. The molecule has 0 heterocycles. The molecule has 2 atom stereocenters. The van der Waals surface area contributed by atoms with E-state index in [1.165, 1.54) is 5.56 Å². The van der Waals surface area contributed by atoms with E-state index >= 15 is 0 Å². The maximum Gasteiger partial charge on any atom is 0.160 e. The van der Waals surface area contributed by atoms with Crippen LogP contribution in [0, 0.1) is 12.8 Å². The number of allylic oxidation sites excluding steroid dienone is 4. The van der Waals surface area contributed by atoms with Crippen LogP contribution in [0.3, 0.4) is 0 Å². The first-order valence-electron chi connectivity index (χ1n) is 8.97. The van der Waals surface area contributed by atoms with Gasteiger partial charge in [-0.3, -0.25) is 4.79 Å². The Morgan fingerprint density at radius 3 is 2.69 bits per heavy atom. The molecule has 0 aromatic heterocycles. The average molecular weight is 364 g/mol. The van der Waals surface area contributed by atoms with Crippen LogP contribution in [0.2, 0.25) is 0 Å². The number of Topliss-reactive ketones (excluding diaryl/α,β-unsaturated/α-hetero) is 1. The topological polar surface area (TPSA) is 26.3 Å². The van der Waals surface area contributed by atoms with Crippen molar-refractivity contribution in [2.75, 3.05) is 7.11 Å². The third-order valence-corrected chi connectivity index (χ3v) is 6.34. The molecular formula is C23H25O2P. The maximum absolute atomic E-state index is 12.1. The van der Waals surface area contributed by atoms with Gasteiger partial charge in [-0.2, -0.15) is 0 Å². The van der Waals surface area contributed by atoms with Gasteiger partial charge in [-0.25, -0.2) is 0 Å². The molecule has 134 valence electrons. The van der Waals surface area contributed by atoms with Gasteiger partial charge in [-0.1, -0.05) is 69.3 Å². The van der Waals surface area contributed by atoms with Gasteiger partial charge in [0.15, 0.2) is 5.78 Å². The Morgan fingerprint density at radius 1 is 1.19 bits per heavy atom. The lowest BCUT2D eigenvalue weighted by atomic mass is 9.93. The van der Waals surface area contributed by atoms with Crippen LogP contribution in [0.4, 0.5) is 0 Å². The van der Waals surface area contributed by atoms with E-state index in [0.29, 0.717) is 14.5 Å². The third-order valence-electron chi connectivity index (χ3n) is 4.76. The minimum atomic E-state index is 0.116. The van der Waals surface area contributed by atoms with E-state index in [4.69, 9.17) is 4.74 Å². The van der Waals surface area contributed by atoms with Gasteiger partial charge in [0.2, 0.25) is 0 Å². The highest BCUT2D eigenvalue weighted by molar-refractivity contribution is 7.56. The Labute approximate surface area is 157 Å². The predicted octanol–water partition coefficient (Wildman–Crippen LogP) is 4.51. The minimum absolute atomic E-state index is 0.116. The number of hydrogen-bond acceptors (Lipinski definition) is 2. The van der Waals surface area contributed by atoms with E-state index in [1.807, 2.05) is 12.1 Å². The summed E-state index contributed by atoms with van der Waals surface area (Å²) in [5.74, 6) is 1.59. The summed E-state index contributed by atoms with van der Waals surface area (Å²) in [6.45, 7) is 3.71. The number of carbonyl (C=O) groups is 1. The Balaban J connectivity index is 1.94. The largest absolute Gasteiger partial charge is 0.496 e. The fourth-order valence-electron chi connectivity index (χ4n) is 3.41. The zero-order valence-corrected chi connectivity index (χ0v) is 16.6. The molecule has 2 aromatic rings. The van der Waals surface area contributed by atoms with Crippen LogP contribution >= 0.6 is 8.58 Å². The normalized spacial score (nSPS) is 16.3. The number of rotatable bonds is 6. The molecule has 0 spiro atoms. The second-order valence-corrected chi connectivity index (χ2v) is 7.98. The van der Waals surface area contributed by atoms with Crippen LogP contribution < -0.4 is 15.3 Å². The maximum atomic E-state index is 12.1. The molecule has 26 heavy (non-hydrogen) atoms. The second kappa shape index (κ2) is 8.47. The molecule has 2 unspecified atom stereocenters. The number of carbonyl (C=O) groups excluding carboxylic acids is 1. The number of hydrogen-bond donors (Lipinski definition) is 0. The van der Waals surface area contributed by atoms with Gasteiger partial charge in [-0.15, -0.1) is 0 Å². The molecule has 3 rings (SSSR count). The predicted molar refractivity (Wildman–Crippen MR) is 112 cm³/mol. The number of ketones is 1. The van der Waals surface area contributed by atoms with Crippen LogP contribution in [0.5, 0.6) is 5.75 Å². The molecular weight excluding hydrogens is 339 g/mol. The van der Waals surface area contributed by atoms with Gasteiger partial charge in [0, 0.05) is 10.9 Å². The Morgan fingerprint density at radius 2 is 2.00 bits per heavy atom. The van der Waals surface area contributed by atoms with E-state index in [-0.39, 0.29) is 5.78 Å². The average Bonchev–Trinajstić information content (AvgIpc) is 2.64. The second-order valence-electron chi connectivity index (χ2n) is 6.69. The summed E-state index contributed by atoms with van der Waals surface area (Å²) in [5, 5.41) is 2.29. The summed E-state index contributed by atoms with van der Waals surface area (Å²) in [4.78, 5) is 12.1. The van der Waals surface area contributed by atoms with Crippen molar-refractivity contribution in [3.8, 4) is 5.75 Å². The van der Waals surface area contributed by atoms with Crippen molar-refractivity contribution in [3.05, 3.63) is 77.4 Å². The van der Waals surface area contributed by atoms with E-state index in [9.17, 15) is 4.79 Å². The van der Waals surface area contributed by atoms with Crippen molar-refractivity contribution >= 4 is 25.0 Å². The molecule has 0 aliphatic heterocycles. The van der Waals surface area contributed by atoms with Gasteiger partial charge >= 0.3 is 0 Å². The van der Waals surface area contributed by atoms with Crippen molar-refractivity contribution in [2.45, 2.75) is 26.7 Å². The van der Waals surface area contributed by atoms with Gasteiger partial charge in [0.05, 0.1) is 7.11 Å². The van der Waals surface area contributed by atoms with Gasteiger partial charge in [0.1, 0.15) is 5.75 Å². The lowest BCUT2D eigenvalue weighted by Crippen LogP contribution is -2.17. The molecule has 2 aromatic carbocycles. The van der Waals surface area contributed by atoms with Crippen LogP contribution in [0.25, 0.3) is 0 Å². The first-order chi connectivity index (χ1) is 12.6. The van der Waals surface area contributed by atoms with Crippen molar-refractivity contribution in [1.82, 2.24) is 0 Å². The standard InChI is InChI=1S/C23H25O2P/c1-16-9-7-13-20(17(2)24)23(16)26-21-14-8-12-19(22(21)25-3)15-18-10-5-4-6-11-18/h4-10,12-14,18,26H,11,15H2,1-3H3. The van der Waals surface area contributed by atoms with Crippen molar-refractivity contribution in [2.24, 2.45) is 5.92 Å². The first kappa shape index (κ1) is 18.6.